The maximum atomic E-state index is 11.3. The second-order valence-electron chi connectivity index (χ2n) is 4.73. The number of hydrogen-bond acceptors (Lipinski definition) is 2. The SMILES string of the molecule is Cc1ccccc1-n1nc(C2CC2)cc1C(=O)O. The third-order valence-electron chi connectivity index (χ3n) is 3.29. The van der Waals surface area contributed by atoms with E-state index in [0.717, 1.165) is 29.8 Å². The fraction of sp³-hybridized carbons (Fsp3) is 0.286. The molecule has 0 bridgehead atoms. The summed E-state index contributed by atoms with van der Waals surface area (Å²) >= 11 is 0. The Morgan fingerprint density at radius 1 is 1.39 bits per heavy atom. The van der Waals surface area contributed by atoms with Crippen LogP contribution >= 0.6 is 0 Å². The first-order valence-corrected chi connectivity index (χ1v) is 6.06. The molecule has 0 atom stereocenters. The largest absolute Gasteiger partial charge is 0.477 e. The average molecular weight is 242 g/mol. The molecule has 2 aromatic rings. The summed E-state index contributed by atoms with van der Waals surface area (Å²) in [5.74, 6) is -0.481. The summed E-state index contributed by atoms with van der Waals surface area (Å²) in [6.45, 7) is 1.96. The van der Waals surface area contributed by atoms with E-state index in [1.54, 1.807) is 10.7 Å². The average Bonchev–Trinajstić information content (AvgIpc) is 3.09. The van der Waals surface area contributed by atoms with E-state index in [9.17, 15) is 9.90 Å². The van der Waals surface area contributed by atoms with Crippen LogP contribution < -0.4 is 0 Å². The molecule has 1 saturated carbocycles. The Balaban J connectivity index is 2.15. The van der Waals surface area contributed by atoms with Gasteiger partial charge in [-0.2, -0.15) is 5.10 Å². The lowest BCUT2D eigenvalue weighted by Gasteiger charge is -2.07. The van der Waals surface area contributed by atoms with Crippen LogP contribution in [-0.2, 0) is 0 Å². The number of carboxylic acids is 1. The van der Waals surface area contributed by atoms with Crippen molar-refractivity contribution < 1.29 is 9.90 Å². The van der Waals surface area contributed by atoms with Gasteiger partial charge in [0.25, 0.3) is 0 Å². The molecule has 0 amide bonds. The number of carboxylic acid groups (broad SMARTS) is 1. The molecule has 92 valence electrons. The van der Waals surface area contributed by atoms with E-state index in [1.165, 1.54) is 0 Å². The highest BCUT2D eigenvalue weighted by Crippen LogP contribution is 2.39. The van der Waals surface area contributed by atoms with Gasteiger partial charge in [0.2, 0.25) is 0 Å². The van der Waals surface area contributed by atoms with E-state index < -0.39 is 5.97 Å². The van der Waals surface area contributed by atoms with E-state index in [2.05, 4.69) is 5.10 Å². The minimum atomic E-state index is -0.933. The first kappa shape index (κ1) is 11.0. The molecule has 18 heavy (non-hydrogen) atoms. The molecule has 0 aliphatic heterocycles. The van der Waals surface area contributed by atoms with Gasteiger partial charge in [0.15, 0.2) is 5.69 Å². The van der Waals surface area contributed by atoms with Crippen LogP contribution in [0.15, 0.2) is 30.3 Å². The van der Waals surface area contributed by atoms with Crippen molar-refractivity contribution in [2.75, 3.05) is 0 Å². The maximum absolute atomic E-state index is 11.3. The summed E-state index contributed by atoms with van der Waals surface area (Å²) in [5, 5.41) is 13.7. The van der Waals surface area contributed by atoms with E-state index >= 15 is 0 Å². The molecule has 1 aliphatic rings. The van der Waals surface area contributed by atoms with Crippen LogP contribution in [0.4, 0.5) is 0 Å². The summed E-state index contributed by atoms with van der Waals surface area (Å²) < 4.78 is 1.55. The fourth-order valence-corrected chi connectivity index (χ4v) is 2.12. The van der Waals surface area contributed by atoms with Crippen LogP contribution in [-0.4, -0.2) is 20.9 Å². The first-order valence-electron chi connectivity index (χ1n) is 6.06. The normalized spacial score (nSPS) is 14.7. The Bertz CT molecular complexity index is 612. The number of benzene rings is 1. The van der Waals surface area contributed by atoms with Crippen LogP contribution in [0.1, 0.15) is 40.5 Å². The van der Waals surface area contributed by atoms with Crippen molar-refractivity contribution in [3.8, 4) is 5.69 Å². The van der Waals surface area contributed by atoms with Gasteiger partial charge in [-0.05, 0) is 37.5 Å². The maximum Gasteiger partial charge on any atom is 0.354 e. The third kappa shape index (κ3) is 1.79. The molecule has 0 unspecified atom stereocenters. The van der Waals surface area contributed by atoms with E-state index in [1.807, 2.05) is 31.2 Å². The highest BCUT2D eigenvalue weighted by molar-refractivity contribution is 5.86. The van der Waals surface area contributed by atoms with Crippen LogP contribution in [0.25, 0.3) is 5.69 Å². The number of nitrogens with zero attached hydrogens (tertiary/aromatic N) is 2. The molecule has 3 rings (SSSR count). The minimum Gasteiger partial charge on any atom is -0.477 e. The fourth-order valence-electron chi connectivity index (χ4n) is 2.12. The Hall–Kier alpha value is -2.10. The smallest absolute Gasteiger partial charge is 0.354 e. The molecular formula is C14H14N2O2. The predicted octanol–water partition coefficient (Wildman–Crippen LogP) is 2.76. The zero-order valence-electron chi connectivity index (χ0n) is 10.1. The number of hydrogen-bond donors (Lipinski definition) is 1. The monoisotopic (exact) mass is 242 g/mol. The van der Waals surface area contributed by atoms with Crippen molar-refractivity contribution in [1.82, 2.24) is 9.78 Å². The van der Waals surface area contributed by atoms with Gasteiger partial charge in [-0.25, -0.2) is 9.48 Å². The summed E-state index contributed by atoms with van der Waals surface area (Å²) in [6.07, 6.45) is 2.23. The van der Waals surface area contributed by atoms with E-state index in [-0.39, 0.29) is 5.69 Å². The number of aromatic carboxylic acids is 1. The molecule has 1 N–H and O–H groups in total. The highest BCUT2D eigenvalue weighted by Gasteiger charge is 2.29. The Labute approximate surface area is 105 Å². The van der Waals surface area contributed by atoms with Crippen LogP contribution in [0.3, 0.4) is 0 Å². The van der Waals surface area contributed by atoms with Crippen molar-refractivity contribution in [2.24, 2.45) is 0 Å². The molecule has 1 aromatic carbocycles. The van der Waals surface area contributed by atoms with Gasteiger partial charge in [-0.1, -0.05) is 18.2 Å². The lowest BCUT2D eigenvalue weighted by Crippen LogP contribution is -2.09. The van der Waals surface area contributed by atoms with E-state index in [4.69, 9.17) is 0 Å². The standard InChI is InChI=1S/C14H14N2O2/c1-9-4-2-3-5-12(9)16-13(14(17)18)8-11(15-16)10-6-7-10/h2-5,8,10H,6-7H2,1H3,(H,17,18). The Kier molecular flexibility index (Phi) is 2.44. The Morgan fingerprint density at radius 3 is 2.72 bits per heavy atom. The summed E-state index contributed by atoms with van der Waals surface area (Å²) in [6, 6.07) is 9.38. The van der Waals surface area contributed by atoms with Gasteiger partial charge in [0.05, 0.1) is 11.4 Å². The van der Waals surface area contributed by atoms with Gasteiger partial charge >= 0.3 is 5.97 Å². The zero-order valence-corrected chi connectivity index (χ0v) is 10.1. The molecule has 1 heterocycles. The number of para-hydroxylation sites is 1. The quantitative estimate of drug-likeness (QED) is 0.900. The predicted molar refractivity (Wildman–Crippen MR) is 67.2 cm³/mol. The highest BCUT2D eigenvalue weighted by atomic mass is 16.4. The summed E-state index contributed by atoms with van der Waals surface area (Å²) in [4.78, 5) is 11.3. The lowest BCUT2D eigenvalue weighted by atomic mass is 10.2. The Morgan fingerprint density at radius 2 is 2.11 bits per heavy atom. The number of aryl methyl sites for hydroxylation is 1. The van der Waals surface area contributed by atoms with Crippen LogP contribution in [0.5, 0.6) is 0 Å². The third-order valence-corrected chi connectivity index (χ3v) is 3.29. The van der Waals surface area contributed by atoms with Gasteiger partial charge in [0.1, 0.15) is 0 Å². The van der Waals surface area contributed by atoms with Crippen molar-refractivity contribution in [3.05, 3.63) is 47.3 Å². The van der Waals surface area contributed by atoms with Crippen molar-refractivity contribution in [1.29, 1.82) is 0 Å². The van der Waals surface area contributed by atoms with Gasteiger partial charge in [0, 0.05) is 5.92 Å². The van der Waals surface area contributed by atoms with E-state index in [0.29, 0.717) is 5.92 Å². The molecule has 1 aliphatic carbocycles. The molecular weight excluding hydrogens is 228 g/mol. The van der Waals surface area contributed by atoms with Gasteiger partial charge in [-0.3, -0.25) is 0 Å². The second kappa shape index (κ2) is 3.98. The molecule has 4 nitrogen and oxygen atoms in total. The second-order valence-corrected chi connectivity index (χ2v) is 4.73. The van der Waals surface area contributed by atoms with Crippen LogP contribution in [0, 0.1) is 6.92 Å². The zero-order chi connectivity index (χ0) is 12.7. The minimum absolute atomic E-state index is 0.242. The molecule has 0 radical (unpaired) electrons. The topological polar surface area (TPSA) is 55.1 Å². The van der Waals surface area contributed by atoms with Gasteiger partial charge in [-0.15, -0.1) is 0 Å². The number of aromatic nitrogens is 2. The number of rotatable bonds is 3. The molecule has 0 saturated heterocycles. The summed E-state index contributed by atoms with van der Waals surface area (Å²) in [7, 11) is 0. The number of carbonyl (C=O) groups is 1. The molecule has 1 aromatic heterocycles. The van der Waals surface area contributed by atoms with Crippen molar-refractivity contribution >= 4 is 5.97 Å². The molecule has 4 heteroatoms. The summed E-state index contributed by atoms with van der Waals surface area (Å²) in [5.41, 5.74) is 2.99. The lowest BCUT2D eigenvalue weighted by molar-refractivity contribution is 0.0687. The molecule has 1 fully saturated rings. The van der Waals surface area contributed by atoms with Crippen molar-refractivity contribution in [3.63, 3.8) is 0 Å². The first-order chi connectivity index (χ1) is 8.66. The molecule has 0 spiro atoms. The van der Waals surface area contributed by atoms with Gasteiger partial charge < -0.3 is 5.11 Å². The van der Waals surface area contributed by atoms with Crippen molar-refractivity contribution in [2.45, 2.75) is 25.7 Å². The van der Waals surface area contributed by atoms with Crippen LogP contribution in [0.2, 0.25) is 0 Å².